The van der Waals surface area contributed by atoms with E-state index in [1.165, 1.54) is 19.3 Å². The van der Waals surface area contributed by atoms with Gasteiger partial charge in [-0.2, -0.15) is 0 Å². The van der Waals surface area contributed by atoms with Crippen LogP contribution in [0, 0.1) is 11.8 Å². The van der Waals surface area contributed by atoms with E-state index in [4.69, 9.17) is 5.73 Å². The molecule has 0 spiro atoms. The number of nitrogens with one attached hydrogen (secondary N) is 1. The summed E-state index contributed by atoms with van der Waals surface area (Å²) in [5, 5.41) is 0. The molecule has 2 aliphatic rings. The van der Waals surface area contributed by atoms with Crippen molar-refractivity contribution in [3.63, 3.8) is 0 Å². The van der Waals surface area contributed by atoms with Crippen molar-refractivity contribution in [2.24, 2.45) is 17.6 Å². The highest BCUT2D eigenvalue weighted by Gasteiger charge is 2.23. The minimum Gasteiger partial charge on any atom is -0.328 e. The summed E-state index contributed by atoms with van der Waals surface area (Å²) in [6.45, 7) is 0.613. The molecule has 112 valence electrons. The third-order valence-corrected chi connectivity index (χ3v) is 6.18. The van der Waals surface area contributed by atoms with Gasteiger partial charge in [-0.1, -0.05) is 19.3 Å². The SMILES string of the molecule is NC1CCC(CNS(=O)(=O)CC2CCCCC2)CC1. The van der Waals surface area contributed by atoms with Crippen molar-refractivity contribution in [3.8, 4) is 0 Å². The Kier molecular flexibility index (Phi) is 5.66. The van der Waals surface area contributed by atoms with E-state index >= 15 is 0 Å². The monoisotopic (exact) mass is 288 g/mol. The normalized spacial score (nSPS) is 30.4. The van der Waals surface area contributed by atoms with Crippen LogP contribution in [0.3, 0.4) is 0 Å². The topological polar surface area (TPSA) is 72.2 Å². The predicted octanol–water partition coefficient (Wildman–Crippen LogP) is 2.00. The molecule has 0 aromatic heterocycles. The summed E-state index contributed by atoms with van der Waals surface area (Å²) >= 11 is 0. The van der Waals surface area contributed by atoms with E-state index in [9.17, 15) is 8.42 Å². The summed E-state index contributed by atoms with van der Waals surface area (Å²) in [7, 11) is -3.08. The lowest BCUT2D eigenvalue weighted by Gasteiger charge is -2.27. The molecule has 2 fully saturated rings. The first-order chi connectivity index (χ1) is 9.05. The Hall–Kier alpha value is -0.130. The first-order valence-electron chi connectivity index (χ1n) is 7.78. The van der Waals surface area contributed by atoms with Gasteiger partial charge in [0.25, 0.3) is 0 Å². The minimum absolute atomic E-state index is 0.329. The van der Waals surface area contributed by atoms with Crippen LogP contribution >= 0.6 is 0 Å². The second-order valence-corrected chi connectivity index (χ2v) is 8.27. The van der Waals surface area contributed by atoms with Gasteiger partial charge in [0.2, 0.25) is 10.0 Å². The third kappa shape index (κ3) is 5.40. The highest BCUT2D eigenvalue weighted by Crippen LogP contribution is 2.25. The number of sulfonamides is 1. The van der Waals surface area contributed by atoms with Crippen molar-refractivity contribution in [1.29, 1.82) is 0 Å². The van der Waals surface area contributed by atoms with Crippen LogP contribution in [0.15, 0.2) is 0 Å². The van der Waals surface area contributed by atoms with Crippen molar-refractivity contribution in [1.82, 2.24) is 4.72 Å². The van der Waals surface area contributed by atoms with Crippen LogP contribution in [0.1, 0.15) is 57.8 Å². The summed E-state index contributed by atoms with van der Waals surface area (Å²) in [5.74, 6) is 1.20. The summed E-state index contributed by atoms with van der Waals surface area (Å²) in [5.41, 5.74) is 5.86. The van der Waals surface area contributed by atoms with Crippen LogP contribution in [0.5, 0.6) is 0 Å². The Morgan fingerprint density at radius 1 is 0.895 bits per heavy atom. The molecule has 0 saturated heterocycles. The smallest absolute Gasteiger partial charge is 0.211 e. The first kappa shape index (κ1) is 15.3. The molecular formula is C14H28N2O2S. The van der Waals surface area contributed by atoms with Gasteiger partial charge in [0.15, 0.2) is 0 Å². The summed E-state index contributed by atoms with van der Waals surface area (Å²) in [6, 6.07) is 0.329. The summed E-state index contributed by atoms with van der Waals surface area (Å²) in [6.07, 6.45) is 10.0. The first-order valence-corrected chi connectivity index (χ1v) is 9.43. The Labute approximate surface area is 117 Å². The van der Waals surface area contributed by atoms with Gasteiger partial charge >= 0.3 is 0 Å². The van der Waals surface area contributed by atoms with Crippen LogP contribution in [0.4, 0.5) is 0 Å². The van der Waals surface area contributed by atoms with Gasteiger partial charge in [0.05, 0.1) is 5.75 Å². The van der Waals surface area contributed by atoms with E-state index in [0.717, 1.165) is 38.5 Å². The maximum Gasteiger partial charge on any atom is 0.211 e. The number of hydrogen-bond acceptors (Lipinski definition) is 3. The highest BCUT2D eigenvalue weighted by atomic mass is 32.2. The van der Waals surface area contributed by atoms with Crippen molar-refractivity contribution in [2.45, 2.75) is 63.8 Å². The molecule has 0 unspecified atom stereocenters. The summed E-state index contributed by atoms with van der Waals surface area (Å²) < 4.78 is 27.0. The molecule has 0 aromatic carbocycles. The lowest BCUT2D eigenvalue weighted by Crippen LogP contribution is -2.36. The van der Waals surface area contributed by atoms with E-state index in [2.05, 4.69) is 4.72 Å². The van der Waals surface area contributed by atoms with Gasteiger partial charge in [-0.05, 0) is 50.4 Å². The predicted molar refractivity (Wildman–Crippen MR) is 78.3 cm³/mol. The number of hydrogen-bond donors (Lipinski definition) is 2. The van der Waals surface area contributed by atoms with Crippen LogP contribution < -0.4 is 10.5 Å². The van der Waals surface area contributed by atoms with Gasteiger partial charge in [0.1, 0.15) is 0 Å². The average Bonchev–Trinajstić information content (AvgIpc) is 2.39. The zero-order valence-corrected chi connectivity index (χ0v) is 12.6. The Morgan fingerprint density at radius 2 is 1.53 bits per heavy atom. The zero-order valence-electron chi connectivity index (χ0n) is 11.8. The van der Waals surface area contributed by atoms with Crippen molar-refractivity contribution < 1.29 is 8.42 Å². The fourth-order valence-electron chi connectivity index (χ4n) is 3.36. The average molecular weight is 288 g/mol. The van der Waals surface area contributed by atoms with Gasteiger partial charge in [-0.15, -0.1) is 0 Å². The van der Waals surface area contributed by atoms with E-state index in [1.54, 1.807) is 0 Å². The Balaban J connectivity index is 1.71. The van der Waals surface area contributed by atoms with Gasteiger partial charge < -0.3 is 5.73 Å². The molecule has 0 radical (unpaired) electrons. The quantitative estimate of drug-likeness (QED) is 0.813. The molecule has 0 bridgehead atoms. The van der Waals surface area contributed by atoms with Gasteiger partial charge in [-0.25, -0.2) is 13.1 Å². The molecule has 2 rings (SSSR count). The summed E-state index contributed by atoms with van der Waals surface area (Å²) in [4.78, 5) is 0. The van der Waals surface area contributed by atoms with Crippen molar-refractivity contribution in [3.05, 3.63) is 0 Å². The molecule has 0 amide bonds. The fourth-order valence-corrected chi connectivity index (χ4v) is 4.92. The van der Waals surface area contributed by atoms with E-state index in [0.29, 0.717) is 30.2 Å². The van der Waals surface area contributed by atoms with E-state index in [-0.39, 0.29) is 0 Å². The molecule has 5 heteroatoms. The lowest BCUT2D eigenvalue weighted by molar-refractivity contribution is 0.325. The van der Waals surface area contributed by atoms with Crippen LogP contribution in [0.25, 0.3) is 0 Å². The zero-order chi connectivity index (χ0) is 13.7. The molecule has 2 aliphatic carbocycles. The van der Waals surface area contributed by atoms with E-state index < -0.39 is 10.0 Å². The lowest BCUT2D eigenvalue weighted by atomic mass is 9.87. The van der Waals surface area contributed by atoms with Crippen LogP contribution in [0.2, 0.25) is 0 Å². The number of rotatable bonds is 5. The maximum atomic E-state index is 12.1. The molecule has 0 heterocycles. The molecule has 0 aromatic rings. The molecule has 0 atom stereocenters. The molecular weight excluding hydrogens is 260 g/mol. The largest absolute Gasteiger partial charge is 0.328 e. The maximum absolute atomic E-state index is 12.1. The second-order valence-electron chi connectivity index (χ2n) is 6.41. The Morgan fingerprint density at radius 3 is 2.16 bits per heavy atom. The molecule has 3 N–H and O–H groups in total. The highest BCUT2D eigenvalue weighted by molar-refractivity contribution is 7.89. The molecule has 19 heavy (non-hydrogen) atoms. The van der Waals surface area contributed by atoms with Crippen molar-refractivity contribution >= 4 is 10.0 Å². The van der Waals surface area contributed by atoms with E-state index in [1.807, 2.05) is 0 Å². The van der Waals surface area contributed by atoms with Gasteiger partial charge in [0, 0.05) is 12.6 Å². The molecule has 0 aliphatic heterocycles. The Bertz CT molecular complexity index is 356. The van der Waals surface area contributed by atoms with Crippen LogP contribution in [-0.4, -0.2) is 26.8 Å². The van der Waals surface area contributed by atoms with Crippen LogP contribution in [-0.2, 0) is 10.0 Å². The fraction of sp³-hybridized carbons (Fsp3) is 1.00. The molecule has 2 saturated carbocycles. The second kappa shape index (κ2) is 7.04. The van der Waals surface area contributed by atoms with Crippen molar-refractivity contribution in [2.75, 3.05) is 12.3 Å². The standard InChI is InChI=1S/C14H28N2O2S/c15-14-8-6-12(7-9-14)10-16-19(17,18)11-13-4-2-1-3-5-13/h12-14,16H,1-11,15H2. The number of nitrogens with two attached hydrogens (primary N) is 1. The molecule has 4 nitrogen and oxygen atoms in total. The third-order valence-electron chi connectivity index (χ3n) is 4.66. The van der Waals surface area contributed by atoms with Gasteiger partial charge in [-0.3, -0.25) is 0 Å². The minimum atomic E-state index is -3.08.